The maximum Gasteiger partial charge on any atom is 0.318 e. The average molecular weight is 369 g/mol. The summed E-state index contributed by atoms with van der Waals surface area (Å²) in [5.41, 5.74) is 0.442. The summed E-state index contributed by atoms with van der Waals surface area (Å²) in [6.45, 7) is 4.45. The normalized spacial score (nSPS) is 11.2. The van der Waals surface area contributed by atoms with E-state index in [0.717, 1.165) is 0 Å². The fraction of sp³-hybridized carbons (Fsp3) is 0.467. The van der Waals surface area contributed by atoms with Crippen molar-refractivity contribution in [3.05, 3.63) is 27.4 Å². The van der Waals surface area contributed by atoms with E-state index >= 15 is 0 Å². The summed E-state index contributed by atoms with van der Waals surface area (Å²) in [5, 5.41) is 8.56. The zero-order valence-electron chi connectivity index (χ0n) is 13.9. The van der Waals surface area contributed by atoms with E-state index in [-0.39, 0.29) is 23.1 Å². The number of rotatable bonds is 8. The largest absolute Gasteiger partial charge is 0.481 e. The van der Waals surface area contributed by atoms with Crippen LogP contribution in [0.25, 0.3) is 11.0 Å². The molecule has 2 aromatic heterocycles. The first-order chi connectivity index (χ1) is 11.8. The molecule has 0 saturated carbocycles. The predicted molar refractivity (Wildman–Crippen MR) is 90.8 cm³/mol. The van der Waals surface area contributed by atoms with Crippen LogP contribution in [-0.4, -0.2) is 43.9 Å². The Morgan fingerprint density at radius 1 is 1.40 bits per heavy atom. The van der Waals surface area contributed by atoms with Crippen molar-refractivity contribution in [2.75, 3.05) is 6.61 Å². The standard InChI is InChI=1S/C15H19N3O6S/c1-9(2)23-6-5-18-10-3-4-17(8-24-12(21)7-11(19)20)13(10)14(22)16-15(18)25/h3-4,9H,5-8H2,1-2H3,(H,19,20)(H,16,22,25). The molecule has 0 aromatic carbocycles. The second kappa shape index (κ2) is 8.08. The average Bonchev–Trinajstić information content (AvgIpc) is 2.91. The lowest BCUT2D eigenvalue weighted by molar-refractivity contribution is -0.153. The van der Waals surface area contributed by atoms with Gasteiger partial charge >= 0.3 is 11.9 Å². The molecule has 0 aliphatic carbocycles. The Kier molecular flexibility index (Phi) is 6.10. The summed E-state index contributed by atoms with van der Waals surface area (Å²) < 4.78 is 13.8. The third-order valence-electron chi connectivity index (χ3n) is 3.34. The van der Waals surface area contributed by atoms with Gasteiger partial charge in [-0.2, -0.15) is 0 Å². The van der Waals surface area contributed by atoms with Gasteiger partial charge < -0.3 is 23.7 Å². The molecule has 0 radical (unpaired) electrons. The molecule has 0 amide bonds. The van der Waals surface area contributed by atoms with Crippen LogP contribution in [0.1, 0.15) is 20.3 Å². The third-order valence-corrected chi connectivity index (χ3v) is 3.66. The van der Waals surface area contributed by atoms with E-state index in [1.54, 1.807) is 16.8 Å². The lowest BCUT2D eigenvalue weighted by atomic mass is 10.4. The van der Waals surface area contributed by atoms with Crippen LogP contribution in [0.5, 0.6) is 0 Å². The van der Waals surface area contributed by atoms with Gasteiger partial charge in [0.05, 0.1) is 18.2 Å². The molecule has 2 heterocycles. The Morgan fingerprint density at radius 3 is 2.76 bits per heavy atom. The maximum absolute atomic E-state index is 12.2. The minimum absolute atomic E-state index is 0.0747. The van der Waals surface area contributed by atoms with Crippen molar-refractivity contribution in [1.82, 2.24) is 14.1 Å². The number of aromatic amines is 1. The number of hydrogen-bond acceptors (Lipinski definition) is 6. The highest BCUT2D eigenvalue weighted by atomic mass is 32.1. The number of carboxylic acid groups (broad SMARTS) is 1. The van der Waals surface area contributed by atoms with E-state index in [0.29, 0.717) is 18.7 Å². The first-order valence-corrected chi connectivity index (χ1v) is 8.01. The molecule has 25 heavy (non-hydrogen) atoms. The lowest BCUT2D eigenvalue weighted by Crippen LogP contribution is -2.20. The third kappa shape index (κ3) is 4.77. The number of fused-ring (bicyclic) bond motifs is 1. The van der Waals surface area contributed by atoms with E-state index in [4.69, 9.17) is 26.8 Å². The summed E-state index contributed by atoms with van der Waals surface area (Å²) in [4.78, 5) is 36.6. The lowest BCUT2D eigenvalue weighted by Gasteiger charge is -2.12. The van der Waals surface area contributed by atoms with Gasteiger partial charge in [0.2, 0.25) is 0 Å². The number of carbonyl (C=O) groups excluding carboxylic acids is 1. The topological polar surface area (TPSA) is 116 Å². The monoisotopic (exact) mass is 369 g/mol. The van der Waals surface area contributed by atoms with E-state index in [2.05, 4.69) is 4.98 Å². The van der Waals surface area contributed by atoms with Crippen molar-refractivity contribution >= 4 is 35.2 Å². The van der Waals surface area contributed by atoms with Crippen molar-refractivity contribution in [1.29, 1.82) is 0 Å². The molecular formula is C15H19N3O6S. The van der Waals surface area contributed by atoms with Crippen molar-refractivity contribution in [2.45, 2.75) is 39.6 Å². The van der Waals surface area contributed by atoms with Crippen LogP contribution in [0.2, 0.25) is 0 Å². The Balaban J connectivity index is 2.26. The summed E-state index contributed by atoms with van der Waals surface area (Å²) >= 11 is 5.20. The second-order valence-electron chi connectivity index (χ2n) is 5.57. The molecule has 0 aliphatic rings. The molecular weight excluding hydrogens is 350 g/mol. The van der Waals surface area contributed by atoms with Gasteiger partial charge in [-0.25, -0.2) is 0 Å². The molecule has 10 heteroatoms. The van der Waals surface area contributed by atoms with E-state index in [9.17, 15) is 14.4 Å². The number of hydrogen-bond donors (Lipinski definition) is 2. The number of carboxylic acids is 1. The Morgan fingerprint density at radius 2 is 2.12 bits per heavy atom. The fourth-order valence-corrected chi connectivity index (χ4v) is 2.57. The number of ether oxygens (including phenoxy) is 2. The number of H-pyrrole nitrogens is 1. The molecule has 0 spiro atoms. The summed E-state index contributed by atoms with van der Waals surface area (Å²) in [7, 11) is 0. The van der Waals surface area contributed by atoms with E-state index < -0.39 is 23.9 Å². The second-order valence-corrected chi connectivity index (χ2v) is 5.95. The van der Waals surface area contributed by atoms with Crippen LogP contribution in [-0.2, 0) is 32.3 Å². The molecule has 0 aliphatic heterocycles. The quantitative estimate of drug-likeness (QED) is 0.409. The number of aromatic nitrogens is 3. The van der Waals surface area contributed by atoms with Gasteiger partial charge in [-0.05, 0) is 32.1 Å². The van der Waals surface area contributed by atoms with Gasteiger partial charge in [0.15, 0.2) is 11.5 Å². The molecule has 9 nitrogen and oxygen atoms in total. The molecule has 2 aromatic rings. The van der Waals surface area contributed by atoms with Crippen molar-refractivity contribution in [3.8, 4) is 0 Å². The van der Waals surface area contributed by atoms with Crippen LogP contribution >= 0.6 is 12.2 Å². The molecule has 0 unspecified atom stereocenters. The number of aliphatic carboxylic acids is 1. The van der Waals surface area contributed by atoms with Crippen molar-refractivity contribution in [2.24, 2.45) is 0 Å². The van der Waals surface area contributed by atoms with Gasteiger partial charge in [-0.1, -0.05) is 0 Å². The van der Waals surface area contributed by atoms with Crippen molar-refractivity contribution < 1.29 is 24.2 Å². The number of nitrogens with one attached hydrogen (secondary N) is 1. The van der Waals surface area contributed by atoms with Crippen LogP contribution in [0.4, 0.5) is 0 Å². The van der Waals surface area contributed by atoms with E-state index in [1.165, 1.54) is 4.57 Å². The van der Waals surface area contributed by atoms with Crippen molar-refractivity contribution in [3.63, 3.8) is 0 Å². The van der Waals surface area contributed by atoms with Gasteiger partial charge in [-0.3, -0.25) is 19.4 Å². The molecule has 0 bridgehead atoms. The maximum atomic E-state index is 12.2. The molecule has 2 rings (SSSR count). The highest BCUT2D eigenvalue weighted by molar-refractivity contribution is 7.71. The highest BCUT2D eigenvalue weighted by Gasteiger charge is 2.13. The van der Waals surface area contributed by atoms with E-state index in [1.807, 2.05) is 13.8 Å². The number of carbonyl (C=O) groups is 2. The van der Waals surface area contributed by atoms with Crippen LogP contribution in [0, 0.1) is 4.77 Å². The summed E-state index contributed by atoms with van der Waals surface area (Å²) in [6, 6.07) is 1.68. The minimum Gasteiger partial charge on any atom is -0.481 e. The zero-order chi connectivity index (χ0) is 18.6. The number of nitrogens with zero attached hydrogens (tertiary/aromatic N) is 2. The SMILES string of the molecule is CC(C)OCCn1c(=S)[nH]c(=O)c2c1ccn2COC(=O)CC(=O)O. The predicted octanol–water partition coefficient (Wildman–Crippen LogP) is 1.26. The Labute approximate surface area is 147 Å². The molecule has 136 valence electrons. The Hall–Kier alpha value is -2.46. The highest BCUT2D eigenvalue weighted by Crippen LogP contribution is 2.13. The number of esters is 1. The van der Waals surface area contributed by atoms with Crippen LogP contribution in [0.3, 0.4) is 0 Å². The molecule has 2 N–H and O–H groups in total. The Bertz CT molecular complexity index is 895. The first kappa shape index (κ1) is 18.9. The summed E-state index contributed by atoms with van der Waals surface area (Å²) in [6.07, 6.45) is 0.909. The van der Waals surface area contributed by atoms with Gasteiger partial charge in [0, 0.05) is 12.7 Å². The fourth-order valence-electron chi connectivity index (χ4n) is 2.28. The van der Waals surface area contributed by atoms with Gasteiger partial charge in [0.25, 0.3) is 5.56 Å². The van der Waals surface area contributed by atoms with Gasteiger partial charge in [0.1, 0.15) is 11.9 Å². The summed E-state index contributed by atoms with van der Waals surface area (Å²) in [5.74, 6) is -2.16. The minimum atomic E-state index is -1.28. The zero-order valence-corrected chi connectivity index (χ0v) is 14.7. The molecule has 0 saturated heterocycles. The van der Waals surface area contributed by atoms with Gasteiger partial charge in [-0.15, -0.1) is 0 Å². The molecule has 0 fully saturated rings. The smallest absolute Gasteiger partial charge is 0.318 e. The van der Waals surface area contributed by atoms with Crippen LogP contribution in [0.15, 0.2) is 17.1 Å². The first-order valence-electron chi connectivity index (χ1n) is 7.60. The molecule has 0 atom stereocenters. The van der Waals surface area contributed by atoms with Crippen LogP contribution < -0.4 is 5.56 Å².